The van der Waals surface area contributed by atoms with Crippen molar-refractivity contribution in [2.75, 3.05) is 5.88 Å². The van der Waals surface area contributed by atoms with Gasteiger partial charge in [-0.1, -0.05) is 0 Å². The number of rotatable bonds is 4. The van der Waals surface area contributed by atoms with Crippen LogP contribution in [0.3, 0.4) is 0 Å². The fourth-order valence-corrected chi connectivity index (χ4v) is 1.06. The lowest BCUT2D eigenvalue weighted by Gasteiger charge is -2.20. The first-order valence-electron chi connectivity index (χ1n) is 4.31. The Balaban J connectivity index is 3.74. The first kappa shape index (κ1) is 12.7. The number of aliphatic hydroxyl groups is 1. The van der Waals surface area contributed by atoms with Crippen molar-refractivity contribution in [3.63, 3.8) is 0 Å². The van der Waals surface area contributed by atoms with E-state index in [2.05, 4.69) is 0 Å². The molecule has 1 unspecified atom stereocenters. The lowest BCUT2D eigenvalue weighted by atomic mass is 10.1. The van der Waals surface area contributed by atoms with Gasteiger partial charge in [0.15, 0.2) is 0 Å². The van der Waals surface area contributed by atoms with Crippen molar-refractivity contribution >= 4 is 17.6 Å². The van der Waals surface area contributed by atoms with Gasteiger partial charge in [-0.2, -0.15) is 0 Å². The van der Waals surface area contributed by atoms with E-state index in [1.54, 1.807) is 20.8 Å². The van der Waals surface area contributed by atoms with Gasteiger partial charge in [-0.15, -0.1) is 11.6 Å². The average molecular weight is 209 g/mol. The monoisotopic (exact) mass is 208 g/mol. The highest BCUT2D eigenvalue weighted by atomic mass is 35.5. The van der Waals surface area contributed by atoms with Crippen LogP contribution in [-0.4, -0.2) is 28.7 Å². The SMILES string of the molecule is CC(C)(C)OC(=O)CC(O)CCCl. The molecule has 0 rings (SSSR count). The maximum Gasteiger partial charge on any atom is 0.308 e. The molecule has 0 aliphatic heterocycles. The van der Waals surface area contributed by atoms with Crippen LogP contribution in [0.15, 0.2) is 0 Å². The van der Waals surface area contributed by atoms with Crippen LogP contribution in [0.1, 0.15) is 33.6 Å². The maximum atomic E-state index is 11.1. The first-order valence-corrected chi connectivity index (χ1v) is 4.84. The van der Waals surface area contributed by atoms with Gasteiger partial charge in [0.25, 0.3) is 0 Å². The molecule has 13 heavy (non-hydrogen) atoms. The molecule has 0 aromatic rings. The molecule has 1 atom stereocenters. The van der Waals surface area contributed by atoms with Gasteiger partial charge in [0.2, 0.25) is 0 Å². The molecule has 1 N–H and O–H groups in total. The fraction of sp³-hybridized carbons (Fsp3) is 0.889. The molecule has 78 valence electrons. The fourth-order valence-electron chi connectivity index (χ4n) is 0.804. The normalized spacial score (nSPS) is 13.9. The van der Waals surface area contributed by atoms with Gasteiger partial charge in [-0.05, 0) is 27.2 Å². The van der Waals surface area contributed by atoms with Crippen molar-refractivity contribution in [2.24, 2.45) is 0 Å². The summed E-state index contributed by atoms with van der Waals surface area (Å²) < 4.78 is 5.01. The molecule has 0 fully saturated rings. The predicted octanol–water partition coefficient (Wildman–Crippen LogP) is 1.71. The van der Waals surface area contributed by atoms with Crippen molar-refractivity contribution in [1.82, 2.24) is 0 Å². The zero-order chi connectivity index (χ0) is 10.5. The number of hydrogen-bond donors (Lipinski definition) is 1. The summed E-state index contributed by atoms with van der Waals surface area (Å²) in [4.78, 5) is 11.1. The molecular weight excluding hydrogens is 192 g/mol. The summed E-state index contributed by atoms with van der Waals surface area (Å²) >= 11 is 5.40. The summed E-state index contributed by atoms with van der Waals surface area (Å²) in [6.45, 7) is 5.37. The second kappa shape index (κ2) is 5.45. The van der Waals surface area contributed by atoms with Crippen LogP contribution in [0.4, 0.5) is 0 Å². The molecule has 0 aromatic heterocycles. The number of carbonyl (C=O) groups excluding carboxylic acids is 1. The summed E-state index contributed by atoms with van der Waals surface area (Å²) in [5.74, 6) is -0.0330. The molecule has 0 heterocycles. The van der Waals surface area contributed by atoms with E-state index in [1.807, 2.05) is 0 Å². The third kappa shape index (κ3) is 8.06. The van der Waals surface area contributed by atoms with Crippen molar-refractivity contribution in [3.05, 3.63) is 0 Å². The lowest BCUT2D eigenvalue weighted by Crippen LogP contribution is -2.26. The number of ether oxygens (including phenoxy) is 1. The second-order valence-corrected chi connectivity index (χ2v) is 4.30. The molecule has 0 aromatic carbocycles. The van der Waals surface area contributed by atoms with Crippen molar-refractivity contribution in [3.8, 4) is 0 Å². The molecule has 0 saturated carbocycles. The molecule has 3 nitrogen and oxygen atoms in total. The van der Waals surface area contributed by atoms with Crippen LogP contribution in [-0.2, 0) is 9.53 Å². The van der Waals surface area contributed by atoms with Gasteiger partial charge < -0.3 is 9.84 Å². The number of aliphatic hydroxyl groups excluding tert-OH is 1. The summed E-state index contributed by atoms with van der Waals surface area (Å²) in [6, 6.07) is 0. The van der Waals surface area contributed by atoms with Crippen molar-refractivity contribution in [1.29, 1.82) is 0 Å². The van der Waals surface area contributed by atoms with Crippen LogP contribution in [0, 0.1) is 0 Å². The highest BCUT2D eigenvalue weighted by Crippen LogP contribution is 2.10. The Morgan fingerprint density at radius 1 is 1.54 bits per heavy atom. The average Bonchev–Trinajstić information content (AvgIpc) is 1.81. The number of esters is 1. The summed E-state index contributed by atoms with van der Waals surface area (Å²) in [5, 5.41) is 9.23. The standard InChI is InChI=1S/C9H17ClO3/c1-9(2,3)13-8(12)6-7(11)4-5-10/h7,11H,4-6H2,1-3H3. The van der Waals surface area contributed by atoms with Crippen molar-refractivity contribution < 1.29 is 14.6 Å². The summed E-state index contributed by atoms with van der Waals surface area (Å²) in [7, 11) is 0. The van der Waals surface area contributed by atoms with Gasteiger partial charge >= 0.3 is 5.97 Å². The van der Waals surface area contributed by atoms with Crippen LogP contribution in [0.2, 0.25) is 0 Å². The minimum absolute atomic E-state index is 0.0178. The number of carbonyl (C=O) groups is 1. The van der Waals surface area contributed by atoms with Gasteiger partial charge in [-0.25, -0.2) is 0 Å². The minimum atomic E-state index is -0.688. The minimum Gasteiger partial charge on any atom is -0.460 e. The van der Waals surface area contributed by atoms with Crippen LogP contribution in [0.25, 0.3) is 0 Å². The van der Waals surface area contributed by atoms with E-state index in [-0.39, 0.29) is 12.4 Å². The Labute approximate surface area is 84.0 Å². The van der Waals surface area contributed by atoms with E-state index in [0.717, 1.165) is 0 Å². The Morgan fingerprint density at radius 3 is 2.46 bits per heavy atom. The van der Waals surface area contributed by atoms with Crippen LogP contribution in [0.5, 0.6) is 0 Å². The van der Waals surface area contributed by atoms with Crippen LogP contribution < -0.4 is 0 Å². The Bertz CT molecular complexity index is 163. The summed E-state index contributed by atoms with van der Waals surface area (Å²) in [5.41, 5.74) is -0.488. The van der Waals surface area contributed by atoms with E-state index in [9.17, 15) is 9.90 Å². The molecule has 0 saturated heterocycles. The van der Waals surface area contributed by atoms with Gasteiger partial charge in [-0.3, -0.25) is 4.79 Å². The molecule has 0 aliphatic rings. The van der Waals surface area contributed by atoms with E-state index < -0.39 is 11.7 Å². The predicted molar refractivity (Wildman–Crippen MR) is 51.8 cm³/mol. The maximum absolute atomic E-state index is 11.1. The Kier molecular flexibility index (Phi) is 5.33. The number of hydrogen-bond acceptors (Lipinski definition) is 3. The third-order valence-electron chi connectivity index (χ3n) is 1.26. The van der Waals surface area contributed by atoms with Gasteiger partial charge in [0.1, 0.15) is 5.60 Å². The molecule has 0 spiro atoms. The second-order valence-electron chi connectivity index (χ2n) is 3.92. The van der Waals surface area contributed by atoms with Crippen molar-refractivity contribution in [2.45, 2.75) is 45.3 Å². The smallest absolute Gasteiger partial charge is 0.308 e. The first-order chi connectivity index (χ1) is 5.85. The molecule has 0 amide bonds. The number of halogens is 1. The third-order valence-corrected chi connectivity index (χ3v) is 1.48. The van der Waals surface area contributed by atoms with Gasteiger partial charge in [0.05, 0.1) is 12.5 Å². The highest BCUT2D eigenvalue weighted by molar-refractivity contribution is 6.17. The summed E-state index contributed by atoms with van der Waals surface area (Å²) in [6.07, 6.45) is -0.252. The van der Waals surface area contributed by atoms with E-state index in [1.165, 1.54) is 0 Å². The van der Waals surface area contributed by atoms with E-state index >= 15 is 0 Å². The molecule has 4 heteroatoms. The molecular formula is C9H17ClO3. The van der Waals surface area contributed by atoms with E-state index in [4.69, 9.17) is 16.3 Å². The topological polar surface area (TPSA) is 46.5 Å². The Hall–Kier alpha value is -0.280. The Morgan fingerprint density at radius 2 is 2.08 bits per heavy atom. The lowest BCUT2D eigenvalue weighted by molar-refractivity contribution is -0.157. The van der Waals surface area contributed by atoms with Crippen LogP contribution >= 0.6 is 11.6 Å². The van der Waals surface area contributed by atoms with E-state index in [0.29, 0.717) is 12.3 Å². The quantitative estimate of drug-likeness (QED) is 0.565. The largest absolute Gasteiger partial charge is 0.460 e. The number of alkyl halides is 1. The zero-order valence-electron chi connectivity index (χ0n) is 8.34. The zero-order valence-corrected chi connectivity index (χ0v) is 9.10. The molecule has 0 aliphatic carbocycles. The highest BCUT2D eigenvalue weighted by Gasteiger charge is 2.18. The molecule has 0 bridgehead atoms. The van der Waals surface area contributed by atoms with Gasteiger partial charge in [0, 0.05) is 5.88 Å². The molecule has 0 radical (unpaired) electrons.